The zero-order valence-electron chi connectivity index (χ0n) is 9.33. The molecular weight excluding hydrogens is 180 g/mol. The van der Waals surface area contributed by atoms with E-state index in [4.69, 9.17) is 4.89 Å². The molecule has 0 rings (SSSR count). The summed E-state index contributed by atoms with van der Waals surface area (Å²) in [5, 5.41) is 4.41. The molecule has 0 aliphatic rings. The van der Waals surface area contributed by atoms with Crippen LogP contribution in [-0.2, 0) is 14.8 Å². The van der Waals surface area contributed by atoms with Gasteiger partial charge in [-0.3, -0.25) is 0 Å². The standard InChI is InChI=1S/C11H22O3/c1-3-5-6-7-8-9-11-13-14-12-10-4-2/h4,10H,3,5-9,11H2,1-2H3. The predicted molar refractivity (Wildman–Crippen MR) is 56.3 cm³/mol. The molecule has 0 aliphatic carbocycles. The Labute approximate surface area is 86.9 Å². The van der Waals surface area contributed by atoms with Gasteiger partial charge in [0, 0.05) is 0 Å². The van der Waals surface area contributed by atoms with Crippen LogP contribution in [0, 0.1) is 0 Å². The molecule has 3 heteroatoms. The van der Waals surface area contributed by atoms with Crippen molar-refractivity contribution in [1.29, 1.82) is 0 Å². The predicted octanol–water partition coefficient (Wildman–Crippen LogP) is 3.76. The van der Waals surface area contributed by atoms with Crippen LogP contribution in [0.3, 0.4) is 0 Å². The Morgan fingerprint density at radius 3 is 2.43 bits per heavy atom. The van der Waals surface area contributed by atoms with Crippen LogP contribution in [0.15, 0.2) is 12.3 Å². The first-order chi connectivity index (χ1) is 6.91. The van der Waals surface area contributed by atoms with Crippen LogP contribution in [0.2, 0.25) is 0 Å². The molecule has 0 fully saturated rings. The smallest absolute Gasteiger partial charge is 0.128 e. The number of unbranched alkanes of at least 4 members (excludes halogenated alkanes) is 5. The maximum atomic E-state index is 4.77. The number of allylic oxidation sites excluding steroid dienone is 1. The summed E-state index contributed by atoms with van der Waals surface area (Å²) in [6.07, 6.45) is 10.6. The van der Waals surface area contributed by atoms with Crippen LogP contribution in [0.25, 0.3) is 0 Å². The van der Waals surface area contributed by atoms with E-state index in [1.54, 1.807) is 6.08 Å². The van der Waals surface area contributed by atoms with E-state index < -0.39 is 0 Å². The molecule has 0 N–H and O–H groups in total. The molecule has 14 heavy (non-hydrogen) atoms. The van der Waals surface area contributed by atoms with Gasteiger partial charge in [-0.2, -0.15) is 4.89 Å². The maximum absolute atomic E-state index is 4.77. The average Bonchev–Trinajstić information content (AvgIpc) is 2.21. The Bertz CT molecular complexity index is 124. The lowest BCUT2D eigenvalue weighted by atomic mass is 10.1. The first-order valence-corrected chi connectivity index (χ1v) is 5.48. The third-order valence-electron chi connectivity index (χ3n) is 1.86. The van der Waals surface area contributed by atoms with E-state index in [2.05, 4.69) is 16.8 Å². The Morgan fingerprint density at radius 1 is 1.00 bits per heavy atom. The summed E-state index contributed by atoms with van der Waals surface area (Å²) in [7, 11) is 0. The first-order valence-electron chi connectivity index (χ1n) is 5.48. The SMILES string of the molecule is CC=COOOCCCCCCCC. The van der Waals surface area contributed by atoms with E-state index in [0.29, 0.717) is 6.61 Å². The lowest BCUT2D eigenvalue weighted by Gasteiger charge is -2.00. The zero-order chi connectivity index (χ0) is 10.5. The van der Waals surface area contributed by atoms with Crippen LogP contribution in [0.4, 0.5) is 0 Å². The van der Waals surface area contributed by atoms with Gasteiger partial charge in [0.15, 0.2) is 0 Å². The van der Waals surface area contributed by atoms with E-state index in [1.807, 2.05) is 6.92 Å². The van der Waals surface area contributed by atoms with Crippen molar-refractivity contribution in [2.24, 2.45) is 0 Å². The average molecular weight is 202 g/mol. The van der Waals surface area contributed by atoms with Gasteiger partial charge in [0.1, 0.15) is 6.26 Å². The van der Waals surface area contributed by atoms with Crippen LogP contribution >= 0.6 is 0 Å². The topological polar surface area (TPSA) is 27.7 Å². The number of rotatable bonds is 10. The molecule has 0 saturated heterocycles. The van der Waals surface area contributed by atoms with Gasteiger partial charge in [0.05, 0.1) is 6.61 Å². The molecule has 0 aromatic rings. The van der Waals surface area contributed by atoms with Crippen molar-refractivity contribution in [2.75, 3.05) is 6.61 Å². The lowest BCUT2D eigenvalue weighted by Crippen LogP contribution is -1.95. The summed E-state index contributed by atoms with van der Waals surface area (Å²) in [5.41, 5.74) is 0. The third-order valence-corrected chi connectivity index (χ3v) is 1.86. The van der Waals surface area contributed by atoms with Crippen molar-refractivity contribution >= 4 is 0 Å². The Kier molecular flexibility index (Phi) is 12.0. The second-order valence-electron chi connectivity index (χ2n) is 3.22. The summed E-state index contributed by atoms with van der Waals surface area (Å²) in [6.45, 7) is 4.66. The quantitative estimate of drug-likeness (QED) is 0.234. The molecule has 0 atom stereocenters. The van der Waals surface area contributed by atoms with Crippen molar-refractivity contribution in [3.05, 3.63) is 12.3 Å². The van der Waals surface area contributed by atoms with Crippen molar-refractivity contribution < 1.29 is 14.8 Å². The van der Waals surface area contributed by atoms with Gasteiger partial charge in [-0.05, 0) is 24.5 Å². The summed E-state index contributed by atoms with van der Waals surface area (Å²) < 4.78 is 0. The largest absolute Gasteiger partial charge is 0.317 e. The second-order valence-corrected chi connectivity index (χ2v) is 3.22. The fourth-order valence-electron chi connectivity index (χ4n) is 1.08. The van der Waals surface area contributed by atoms with E-state index >= 15 is 0 Å². The molecule has 0 bridgehead atoms. The highest BCUT2D eigenvalue weighted by Gasteiger charge is 1.91. The van der Waals surface area contributed by atoms with Gasteiger partial charge in [-0.25, -0.2) is 0 Å². The number of hydrogen-bond donors (Lipinski definition) is 0. The molecule has 3 nitrogen and oxygen atoms in total. The summed E-state index contributed by atoms with van der Waals surface area (Å²) in [4.78, 5) is 9.29. The minimum absolute atomic E-state index is 0.601. The van der Waals surface area contributed by atoms with Crippen molar-refractivity contribution in [3.63, 3.8) is 0 Å². The Balaban J connectivity index is 2.85. The molecule has 0 aromatic heterocycles. The minimum atomic E-state index is 0.601. The number of hydrogen-bond acceptors (Lipinski definition) is 3. The van der Waals surface area contributed by atoms with Crippen LogP contribution < -0.4 is 0 Å². The molecule has 0 saturated carbocycles. The zero-order valence-corrected chi connectivity index (χ0v) is 9.33. The van der Waals surface area contributed by atoms with Crippen LogP contribution in [0.5, 0.6) is 0 Å². The van der Waals surface area contributed by atoms with E-state index in [0.717, 1.165) is 6.42 Å². The van der Waals surface area contributed by atoms with Gasteiger partial charge in [0.25, 0.3) is 0 Å². The van der Waals surface area contributed by atoms with Gasteiger partial charge in [-0.1, -0.05) is 39.0 Å². The molecule has 0 amide bonds. The molecule has 0 unspecified atom stereocenters. The van der Waals surface area contributed by atoms with Gasteiger partial charge in [-0.15, -0.1) is 0 Å². The summed E-state index contributed by atoms with van der Waals surface area (Å²) in [5.74, 6) is 0. The molecule has 0 spiro atoms. The normalized spacial score (nSPS) is 11.0. The lowest BCUT2D eigenvalue weighted by molar-refractivity contribution is -0.490. The van der Waals surface area contributed by atoms with Crippen molar-refractivity contribution in [3.8, 4) is 0 Å². The van der Waals surface area contributed by atoms with E-state index in [9.17, 15) is 0 Å². The third kappa shape index (κ3) is 11.5. The monoisotopic (exact) mass is 202 g/mol. The highest BCUT2D eigenvalue weighted by Crippen LogP contribution is 2.04. The summed E-state index contributed by atoms with van der Waals surface area (Å²) >= 11 is 0. The summed E-state index contributed by atoms with van der Waals surface area (Å²) in [6, 6.07) is 0. The fraction of sp³-hybridized carbons (Fsp3) is 0.818. The Morgan fingerprint density at radius 2 is 1.71 bits per heavy atom. The molecule has 0 aromatic carbocycles. The highest BCUT2D eigenvalue weighted by atomic mass is 17.5. The fourth-order valence-corrected chi connectivity index (χ4v) is 1.08. The second kappa shape index (κ2) is 12.5. The first kappa shape index (κ1) is 13.5. The highest BCUT2D eigenvalue weighted by molar-refractivity contribution is 4.62. The van der Waals surface area contributed by atoms with E-state index in [1.165, 1.54) is 38.4 Å². The van der Waals surface area contributed by atoms with Crippen molar-refractivity contribution in [2.45, 2.75) is 52.4 Å². The minimum Gasteiger partial charge on any atom is -0.317 e. The van der Waals surface area contributed by atoms with Gasteiger partial charge < -0.3 is 4.89 Å². The molecule has 0 aliphatic heterocycles. The van der Waals surface area contributed by atoms with Crippen LogP contribution in [-0.4, -0.2) is 6.61 Å². The molecule has 84 valence electrons. The van der Waals surface area contributed by atoms with E-state index in [-0.39, 0.29) is 0 Å². The maximum Gasteiger partial charge on any atom is 0.128 e. The molecule has 0 radical (unpaired) electrons. The van der Waals surface area contributed by atoms with Gasteiger partial charge in [0.2, 0.25) is 0 Å². The van der Waals surface area contributed by atoms with Crippen molar-refractivity contribution in [1.82, 2.24) is 0 Å². The van der Waals surface area contributed by atoms with Crippen LogP contribution in [0.1, 0.15) is 52.4 Å². The van der Waals surface area contributed by atoms with Gasteiger partial charge >= 0.3 is 0 Å². The molecular formula is C11H22O3. The Hall–Kier alpha value is -0.540. The molecule has 0 heterocycles.